The summed E-state index contributed by atoms with van der Waals surface area (Å²) in [7, 11) is 1.75. The molecule has 2 amide bonds. The number of carbonyl (C=O) groups excluding carboxylic acids is 2. The third kappa shape index (κ3) is 3.26. The normalized spacial score (nSPS) is 19.0. The van der Waals surface area contributed by atoms with Crippen LogP contribution < -0.4 is 11.1 Å². The molecule has 1 fully saturated rings. The fourth-order valence-corrected chi connectivity index (χ4v) is 2.32. The van der Waals surface area contributed by atoms with Gasteiger partial charge in [-0.3, -0.25) is 9.59 Å². The monoisotopic (exact) mass is 276 g/mol. The Kier molecular flexibility index (Phi) is 4.22. The molecule has 0 aromatic carbocycles. The van der Waals surface area contributed by atoms with Crippen molar-refractivity contribution in [3.63, 3.8) is 0 Å². The van der Waals surface area contributed by atoms with Crippen LogP contribution >= 0.6 is 0 Å². The minimum absolute atomic E-state index is 0.00957. The summed E-state index contributed by atoms with van der Waals surface area (Å²) in [5.74, 6) is 0.309. The Hall–Kier alpha value is -2.11. The second-order valence-corrected chi connectivity index (χ2v) is 5.11. The number of nitrogens with two attached hydrogens (primary N) is 1. The molecule has 0 spiro atoms. The molecule has 1 unspecified atom stereocenters. The number of hydrogen-bond donors (Lipinski definition) is 2. The Labute approximate surface area is 118 Å². The Morgan fingerprint density at radius 3 is 2.95 bits per heavy atom. The SMILES string of the molecule is CCc1cc(C(=O)NC2CCC(=O)N(C)C2)cc(N)n1. The van der Waals surface area contributed by atoms with Crippen molar-refractivity contribution < 1.29 is 9.59 Å². The summed E-state index contributed by atoms with van der Waals surface area (Å²) in [4.78, 5) is 29.4. The van der Waals surface area contributed by atoms with Crippen molar-refractivity contribution in [2.45, 2.75) is 32.2 Å². The molecule has 6 heteroatoms. The van der Waals surface area contributed by atoms with Crippen LogP contribution in [0.3, 0.4) is 0 Å². The molecule has 1 saturated heterocycles. The molecule has 2 heterocycles. The van der Waals surface area contributed by atoms with Gasteiger partial charge in [-0.2, -0.15) is 0 Å². The average Bonchev–Trinajstić information content (AvgIpc) is 2.42. The maximum Gasteiger partial charge on any atom is 0.251 e. The molecule has 108 valence electrons. The predicted molar refractivity (Wildman–Crippen MR) is 76.2 cm³/mol. The molecular weight excluding hydrogens is 256 g/mol. The Bertz CT molecular complexity index is 530. The molecule has 0 radical (unpaired) electrons. The molecule has 1 aromatic heterocycles. The highest BCUT2D eigenvalue weighted by Crippen LogP contribution is 2.12. The van der Waals surface area contributed by atoms with E-state index in [1.807, 2.05) is 6.92 Å². The standard InChI is InChI=1S/C14H20N4O2/c1-3-10-6-9(7-12(15)16-10)14(20)17-11-4-5-13(19)18(2)8-11/h6-7,11H,3-5,8H2,1-2H3,(H2,15,16)(H,17,20). The summed E-state index contributed by atoms with van der Waals surface area (Å²) in [6.45, 7) is 2.51. The molecule has 6 nitrogen and oxygen atoms in total. The fourth-order valence-electron chi connectivity index (χ4n) is 2.32. The van der Waals surface area contributed by atoms with E-state index in [1.165, 1.54) is 0 Å². The van der Waals surface area contributed by atoms with Gasteiger partial charge in [0.15, 0.2) is 0 Å². The molecule has 1 aliphatic rings. The number of rotatable bonds is 3. The van der Waals surface area contributed by atoms with Crippen molar-refractivity contribution in [3.05, 3.63) is 23.4 Å². The number of anilines is 1. The number of carbonyl (C=O) groups is 2. The number of nitrogen functional groups attached to an aromatic ring is 1. The molecule has 0 aliphatic carbocycles. The van der Waals surface area contributed by atoms with E-state index in [0.717, 1.165) is 12.1 Å². The second kappa shape index (κ2) is 5.90. The molecule has 1 aliphatic heterocycles. The van der Waals surface area contributed by atoms with Crippen molar-refractivity contribution >= 4 is 17.6 Å². The van der Waals surface area contributed by atoms with Crippen molar-refractivity contribution in [1.82, 2.24) is 15.2 Å². The lowest BCUT2D eigenvalue weighted by Crippen LogP contribution is -2.48. The smallest absolute Gasteiger partial charge is 0.251 e. The van der Waals surface area contributed by atoms with E-state index in [0.29, 0.717) is 30.8 Å². The third-order valence-electron chi connectivity index (χ3n) is 3.48. The summed E-state index contributed by atoms with van der Waals surface area (Å²) < 4.78 is 0. The van der Waals surface area contributed by atoms with Gasteiger partial charge in [0.05, 0.1) is 0 Å². The van der Waals surface area contributed by atoms with Gasteiger partial charge in [0.2, 0.25) is 5.91 Å². The van der Waals surface area contributed by atoms with Gasteiger partial charge in [-0.1, -0.05) is 6.92 Å². The van der Waals surface area contributed by atoms with Gasteiger partial charge in [-0.05, 0) is 25.0 Å². The maximum absolute atomic E-state index is 12.2. The van der Waals surface area contributed by atoms with Crippen molar-refractivity contribution in [1.29, 1.82) is 0 Å². The Balaban J connectivity index is 2.05. The first-order valence-electron chi connectivity index (χ1n) is 6.81. The van der Waals surface area contributed by atoms with Crippen molar-refractivity contribution in [3.8, 4) is 0 Å². The van der Waals surface area contributed by atoms with Gasteiger partial charge >= 0.3 is 0 Å². The Morgan fingerprint density at radius 1 is 1.55 bits per heavy atom. The second-order valence-electron chi connectivity index (χ2n) is 5.11. The van der Waals surface area contributed by atoms with Gasteiger partial charge in [0.1, 0.15) is 5.82 Å². The first-order valence-corrected chi connectivity index (χ1v) is 6.81. The van der Waals surface area contributed by atoms with E-state index in [2.05, 4.69) is 10.3 Å². The number of nitrogens with one attached hydrogen (secondary N) is 1. The van der Waals surface area contributed by atoms with E-state index in [1.54, 1.807) is 24.1 Å². The predicted octanol–water partition coefficient (Wildman–Crippen LogP) is 0.577. The molecule has 3 N–H and O–H groups in total. The zero-order chi connectivity index (χ0) is 14.7. The highest BCUT2D eigenvalue weighted by molar-refractivity contribution is 5.95. The number of hydrogen-bond acceptors (Lipinski definition) is 4. The van der Waals surface area contributed by atoms with Gasteiger partial charge < -0.3 is 16.0 Å². The zero-order valence-electron chi connectivity index (χ0n) is 11.8. The third-order valence-corrected chi connectivity index (χ3v) is 3.48. The summed E-state index contributed by atoms with van der Waals surface area (Å²) in [5, 5.41) is 2.95. The minimum Gasteiger partial charge on any atom is -0.384 e. The number of amides is 2. The van der Waals surface area contributed by atoms with E-state index in [9.17, 15) is 9.59 Å². The lowest BCUT2D eigenvalue weighted by molar-refractivity contribution is -0.132. The van der Waals surface area contributed by atoms with Crippen LogP contribution in [0.5, 0.6) is 0 Å². The largest absolute Gasteiger partial charge is 0.384 e. The lowest BCUT2D eigenvalue weighted by atomic mass is 10.0. The van der Waals surface area contributed by atoms with Crippen LogP contribution in [-0.4, -0.2) is 41.3 Å². The molecule has 0 saturated carbocycles. The molecule has 20 heavy (non-hydrogen) atoms. The Morgan fingerprint density at radius 2 is 2.30 bits per heavy atom. The first-order chi connectivity index (χ1) is 9.49. The quantitative estimate of drug-likeness (QED) is 0.845. The van der Waals surface area contributed by atoms with Crippen molar-refractivity contribution in [2.75, 3.05) is 19.3 Å². The maximum atomic E-state index is 12.2. The van der Waals surface area contributed by atoms with E-state index in [-0.39, 0.29) is 17.9 Å². The topological polar surface area (TPSA) is 88.3 Å². The number of piperidine rings is 1. The first kappa shape index (κ1) is 14.3. The average molecular weight is 276 g/mol. The highest BCUT2D eigenvalue weighted by Gasteiger charge is 2.24. The lowest BCUT2D eigenvalue weighted by Gasteiger charge is -2.30. The molecular formula is C14H20N4O2. The van der Waals surface area contributed by atoms with E-state index < -0.39 is 0 Å². The van der Waals surface area contributed by atoms with Crippen LogP contribution in [-0.2, 0) is 11.2 Å². The number of aryl methyl sites for hydroxylation is 1. The van der Waals surface area contributed by atoms with Crippen LogP contribution in [0.25, 0.3) is 0 Å². The summed E-state index contributed by atoms with van der Waals surface area (Å²) in [6, 6.07) is 3.32. The fraction of sp³-hybridized carbons (Fsp3) is 0.500. The number of likely N-dealkylation sites (tertiary alicyclic amines) is 1. The highest BCUT2D eigenvalue weighted by atomic mass is 16.2. The van der Waals surface area contributed by atoms with Crippen LogP contribution in [0.15, 0.2) is 12.1 Å². The van der Waals surface area contributed by atoms with Crippen molar-refractivity contribution in [2.24, 2.45) is 0 Å². The van der Waals surface area contributed by atoms with E-state index >= 15 is 0 Å². The number of aromatic nitrogens is 1. The van der Waals surface area contributed by atoms with Crippen LogP contribution in [0.2, 0.25) is 0 Å². The molecule has 0 bridgehead atoms. The minimum atomic E-state index is -0.165. The molecule has 1 atom stereocenters. The van der Waals surface area contributed by atoms with Gasteiger partial charge in [-0.15, -0.1) is 0 Å². The number of pyridine rings is 1. The van der Waals surface area contributed by atoms with Crippen LogP contribution in [0, 0.1) is 0 Å². The summed E-state index contributed by atoms with van der Waals surface area (Å²) >= 11 is 0. The van der Waals surface area contributed by atoms with Gasteiger partial charge in [0.25, 0.3) is 5.91 Å². The van der Waals surface area contributed by atoms with Crippen LogP contribution in [0.4, 0.5) is 5.82 Å². The zero-order valence-corrected chi connectivity index (χ0v) is 11.8. The summed E-state index contributed by atoms with van der Waals surface area (Å²) in [5.41, 5.74) is 7.02. The van der Waals surface area contributed by atoms with E-state index in [4.69, 9.17) is 5.73 Å². The van der Waals surface area contributed by atoms with Gasteiger partial charge in [-0.25, -0.2) is 4.98 Å². The summed E-state index contributed by atoms with van der Waals surface area (Å²) in [6.07, 6.45) is 1.88. The number of likely N-dealkylation sites (N-methyl/N-ethyl adjacent to an activating group) is 1. The number of nitrogens with zero attached hydrogens (tertiary/aromatic N) is 2. The molecule has 1 aromatic rings. The molecule has 2 rings (SSSR count). The van der Waals surface area contributed by atoms with Gasteiger partial charge in [0, 0.05) is 37.3 Å². The van der Waals surface area contributed by atoms with Crippen LogP contribution in [0.1, 0.15) is 35.8 Å².